The van der Waals surface area contributed by atoms with E-state index in [0.717, 1.165) is 32.9 Å². The van der Waals surface area contributed by atoms with E-state index < -0.39 is 0 Å². The number of carbonyl (C=O) groups excluding carboxylic acids is 1. The molecule has 0 bridgehead atoms. The van der Waals surface area contributed by atoms with Crippen LogP contribution in [0.15, 0.2) is 33.7 Å². The maximum absolute atomic E-state index is 13.0. The summed E-state index contributed by atoms with van der Waals surface area (Å²) in [5.74, 6) is 0.0974. The molecule has 4 N–H and O–H groups in total. The van der Waals surface area contributed by atoms with Gasteiger partial charge in [-0.1, -0.05) is 22.9 Å². The molecule has 1 atom stereocenters. The number of rotatable bonds is 5. The van der Waals surface area contributed by atoms with Gasteiger partial charge in [0.05, 0.1) is 11.1 Å². The van der Waals surface area contributed by atoms with E-state index in [1.807, 2.05) is 19.1 Å². The Morgan fingerprint density at radius 3 is 2.64 bits per heavy atom. The standard InChI is InChI=1S/C21H25BrN4O2/c1-5-13(4)26-10-12(3)19-15(7-14(22)8-17(19)26)20(27)24-9-16-11(2)6-18(23)25-21(16)28/h6-8,10,13H,5,9H2,1-4H3,(H,24,27)(H3,23,25,28)/t13-/m1/s1. The molecule has 3 aromatic rings. The molecule has 0 aliphatic rings. The largest absolute Gasteiger partial charge is 0.385 e. The molecule has 2 heterocycles. The zero-order valence-electron chi connectivity index (χ0n) is 16.5. The lowest BCUT2D eigenvalue weighted by atomic mass is 10.1. The molecule has 1 aromatic carbocycles. The van der Waals surface area contributed by atoms with Gasteiger partial charge in [0.25, 0.3) is 11.5 Å². The van der Waals surface area contributed by atoms with Gasteiger partial charge in [0.1, 0.15) is 5.82 Å². The predicted molar refractivity (Wildman–Crippen MR) is 117 cm³/mol. The van der Waals surface area contributed by atoms with E-state index in [-0.39, 0.29) is 18.0 Å². The number of nitrogen functional groups attached to an aromatic ring is 1. The highest BCUT2D eigenvalue weighted by Crippen LogP contribution is 2.31. The Morgan fingerprint density at radius 1 is 1.29 bits per heavy atom. The van der Waals surface area contributed by atoms with Crippen LogP contribution >= 0.6 is 15.9 Å². The Labute approximate surface area is 172 Å². The SMILES string of the molecule is CC[C@@H](C)n1cc(C)c2c(C(=O)NCc3c(C)cc(N)[nH]c3=O)cc(Br)cc21. The minimum atomic E-state index is -0.281. The Morgan fingerprint density at radius 2 is 2.00 bits per heavy atom. The topological polar surface area (TPSA) is 92.9 Å². The predicted octanol–water partition coefficient (Wildman–Crippen LogP) is 4.19. The van der Waals surface area contributed by atoms with Crippen LogP contribution in [0.2, 0.25) is 0 Å². The molecule has 148 valence electrons. The summed E-state index contributed by atoms with van der Waals surface area (Å²) >= 11 is 3.53. The minimum Gasteiger partial charge on any atom is -0.385 e. The first-order chi connectivity index (χ1) is 13.2. The number of pyridine rings is 1. The molecule has 6 nitrogen and oxygen atoms in total. The maximum Gasteiger partial charge on any atom is 0.254 e. The first-order valence-corrected chi connectivity index (χ1v) is 10.1. The number of aromatic amines is 1. The lowest BCUT2D eigenvalue weighted by molar-refractivity contribution is 0.0952. The van der Waals surface area contributed by atoms with Gasteiger partial charge in [-0.2, -0.15) is 0 Å². The van der Waals surface area contributed by atoms with E-state index in [1.54, 1.807) is 13.0 Å². The second kappa shape index (κ2) is 7.83. The van der Waals surface area contributed by atoms with Crippen molar-refractivity contribution in [3.8, 4) is 0 Å². The van der Waals surface area contributed by atoms with Gasteiger partial charge in [-0.25, -0.2) is 0 Å². The van der Waals surface area contributed by atoms with Crippen molar-refractivity contribution in [3.63, 3.8) is 0 Å². The van der Waals surface area contributed by atoms with Crippen molar-refractivity contribution in [2.45, 2.75) is 46.7 Å². The fourth-order valence-electron chi connectivity index (χ4n) is 3.52. The average Bonchev–Trinajstić information content (AvgIpc) is 2.95. The van der Waals surface area contributed by atoms with Gasteiger partial charge in [0.2, 0.25) is 0 Å². The summed E-state index contributed by atoms with van der Waals surface area (Å²) in [7, 11) is 0. The third-order valence-electron chi connectivity index (χ3n) is 5.20. The molecular formula is C21H25BrN4O2. The number of H-pyrrole nitrogens is 1. The number of amides is 1. The molecule has 7 heteroatoms. The molecule has 0 saturated heterocycles. The molecule has 2 aromatic heterocycles. The smallest absolute Gasteiger partial charge is 0.254 e. The molecule has 0 radical (unpaired) electrons. The molecule has 3 rings (SSSR count). The number of aryl methyl sites for hydroxylation is 2. The van der Waals surface area contributed by atoms with E-state index in [4.69, 9.17) is 5.73 Å². The van der Waals surface area contributed by atoms with E-state index in [0.29, 0.717) is 23.0 Å². The van der Waals surface area contributed by atoms with Crippen molar-refractivity contribution in [1.29, 1.82) is 0 Å². The van der Waals surface area contributed by atoms with Gasteiger partial charge in [-0.05, 0) is 56.5 Å². The first kappa shape index (κ1) is 20.2. The van der Waals surface area contributed by atoms with Crippen molar-refractivity contribution in [2.24, 2.45) is 0 Å². The van der Waals surface area contributed by atoms with Crippen LogP contribution in [0.3, 0.4) is 0 Å². The Hall–Kier alpha value is -2.54. The Balaban J connectivity index is 1.98. The second-order valence-corrected chi connectivity index (χ2v) is 8.14. The summed E-state index contributed by atoms with van der Waals surface area (Å²) < 4.78 is 3.05. The van der Waals surface area contributed by atoms with Crippen molar-refractivity contribution in [2.75, 3.05) is 5.73 Å². The van der Waals surface area contributed by atoms with Crippen LogP contribution < -0.4 is 16.6 Å². The fraction of sp³-hybridized carbons (Fsp3) is 0.333. The molecular weight excluding hydrogens is 420 g/mol. The van der Waals surface area contributed by atoms with Gasteiger partial charge in [-0.3, -0.25) is 9.59 Å². The summed E-state index contributed by atoms with van der Waals surface area (Å²) in [4.78, 5) is 27.7. The van der Waals surface area contributed by atoms with Crippen LogP contribution in [0.25, 0.3) is 10.9 Å². The fourth-order valence-corrected chi connectivity index (χ4v) is 3.97. The molecule has 0 aliphatic heterocycles. The van der Waals surface area contributed by atoms with E-state index in [2.05, 4.69) is 50.8 Å². The molecule has 1 amide bonds. The summed E-state index contributed by atoms with van der Waals surface area (Å²) in [6, 6.07) is 5.89. The summed E-state index contributed by atoms with van der Waals surface area (Å²) in [5.41, 5.74) is 9.29. The average molecular weight is 445 g/mol. The van der Waals surface area contributed by atoms with Crippen molar-refractivity contribution >= 4 is 38.6 Å². The molecule has 0 aliphatic carbocycles. The summed E-state index contributed by atoms with van der Waals surface area (Å²) in [6.07, 6.45) is 3.09. The third kappa shape index (κ3) is 3.71. The summed E-state index contributed by atoms with van der Waals surface area (Å²) in [6.45, 7) is 8.26. The van der Waals surface area contributed by atoms with E-state index >= 15 is 0 Å². The van der Waals surface area contributed by atoms with Gasteiger partial charge in [0, 0.05) is 34.2 Å². The number of hydrogen-bond donors (Lipinski definition) is 3. The molecule has 0 unspecified atom stereocenters. The zero-order chi connectivity index (χ0) is 20.6. The molecule has 0 spiro atoms. The highest BCUT2D eigenvalue weighted by Gasteiger charge is 2.19. The van der Waals surface area contributed by atoms with Crippen LogP contribution in [0, 0.1) is 13.8 Å². The van der Waals surface area contributed by atoms with Crippen LogP contribution in [-0.4, -0.2) is 15.5 Å². The number of nitrogens with one attached hydrogen (secondary N) is 2. The Bertz CT molecular complexity index is 1110. The van der Waals surface area contributed by atoms with Crippen LogP contribution in [0.4, 0.5) is 5.82 Å². The second-order valence-electron chi connectivity index (χ2n) is 7.22. The monoisotopic (exact) mass is 444 g/mol. The van der Waals surface area contributed by atoms with Crippen molar-refractivity contribution in [3.05, 3.63) is 61.5 Å². The highest BCUT2D eigenvalue weighted by molar-refractivity contribution is 9.10. The number of halogens is 1. The quantitative estimate of drug-likeness (QED) is 0.550. The number of nitrogens with two attached hydrogens (primary N) is 1. The maximum atomic E-state index is 13.0. The number of aromatic nitrogens is 2. The molecule has 0 fully saturated rings. The molecule has 0 saturated carbocycles. The van der Waals surface area contributed by atoms with E-state index in [9.17, 15) is 9.59 Å². The number of hydrogen-bond acceptors (Lipinski definition) is 3. The zero-order valence-corrected chi connectivity index (χ0v) is 18.1. The minimum absolute atomic E-state index is 0.138. The summed E-state index contributed by atoms with van der Waals surface area (Å²) in [5, 5.41) is 3.82. The van der Waals surface area contributed by atoms with Gasteiger partial charge in [0.15, 0.2) is 0 Å². The van der Waals surface area contributed by atoms with Gasteiger partial charge >= 0.3 is 0 Å². The van der Waals surface area contributed by atoms with Gasteiger partial charge in [-0.15, -0.1) is 0 Å². The number of fused-ring (bicyclic) bond motifs is 1. The Kier molecular flexibility index (Phi) is 5.65. The first-order valence-electron chi connectivity index (χ1n) is 9.30. The number of anilines is 1. The van der Waals surface area contributed by atoms with Crippen LogP contribution in [0.1, 0.15) is 53.4 Å². The van der Waals surface area contributed by atoms with Crippen molar-refractivity contribution < 1.29 is 4.79 Å². The highest BCUT2D eigenvalue weighted by atomic mass is 79.9. The number of benzene rings is 1. The third-order valence-corrected chi connectivity index (χ3v) is 5.66. The number of carbonyl (C=O) groups is 1. The lowest BCUT2D eigenvalue weighted by Gasteiger charge is -2.14. The normalized spacial score (nSPS) is 12.3. The van der Waals surface area contributed by atoms with Gasteiger partial charge < -0.3 is 20.6 Å². The number of nitrogens with zero attached hydrogens (tertiary/aromatic N) is 1. The lowest BCUT2D eigenvalue weighted by Crippen LogP contribution is -2.28. The van der Waals surface area contributed by atoms with Crippen LogP contribution in [-0.2, 0) is 6.54 Å². The van der Waals surface area contributed by atoms with Crippen LogP contribution in [0.5, 0.6) is 0 Å². The molecule has 28 heavy (non-hydrogen) atoms. The van der Waals surface area contributed by atoms with E-state index in [1.165, 1.54) is 0 Å². The van der Waals surface area contributed by atoms with Crippen molar-refractivity contribution in [1.82, 2.24) is 14.9 Å².